The predicted molar refractivity (Wildman–Crippen MR) is 92.5 cm³/mol. The highest BCUT2D eigenvalue weighted by molar-refractivity contribution is 7.89. The topological polar surface area (TPSA) is 90.2 Å². The van der Waals surface area contributed by atoms with Gasteiger partial charge in [0.25, 0.3) is 0 Å². The fraction of sp³-hybridized carbons (Fsp3) is 0.438. The van der Waals surface area contributed by atoms with Crippen molar-refractivity contribution in [3.63, 3.8) is 0 Å². The fourth-order valence-electron chi connectivity index (χ4n) is 3.71. The summed E-state index contributed by atoms with van der Waals surface area (Å²) in [6, 6.07) is 7.27. The number of guanidine groups is 1. The van der Waals surface area contributed by atoms with E-state index in [-0.39, 0.29) is 5.54 Å². The lowest BCUT2D eigenvalue weighted by Crippen LogP contribution is -2.53. The van der Waals surface area contributed by atoms with E-state index < -0.39 is 10.0 Å². The Morgan fingerprint density at radius 1 is 1.21 bits per heavy atom. The highest BCUT2D eigenvalue weighted by Gasteiger charge is 2.42. The molecule has 0 atom stereocenters. The summed E-state index contributed by atoms with van der Waals surface area (Å²) < 4.78 is 29.7. The van der Waals surface area contributed by atoms with Crippen LogP contribution in [0, 0.1) is 5.41 Å². The van der Waals surface area contributed by atoms with Crippen LogP contribution in [0.5, 0.6) is 0 Å². The fourth-order valence-corrected chi connectivity index (χ4v) is 5.35. The molecule has 2 aliphatic heterocycles. The molecular formula is C16H21N5O2S. The smallest absolute Gasteiger partial charge is 0.243 e. The number of hydrogen-bond acceptors (Lipinski definition) is 3. The summed E-state index contributed by atoms with van der Waals surface area (Å²) in [5, 5.41) is 14.6. The van der Waals surface area contributed by atoms with Crippen molar-refractivity contribution in [3.05, 3.63) is 30.5 Å². The Morgan fingerprint density at radius 2 is 1.96 bits per heavy atom. The minimum atomic E-state index is -3.52. The van der Waals surface area contributed by atoms with Gasteiger partial charge >= 0.3 is 0 Å². The number of benzene rings is 1. The third kappa shape index (κ3) is 2.29. The van der Waals surface area contributed by atoms with Crippen LogP contribution in [0.15, 0.2) is 35.4 Å². The molecule has 0 unspecified atom stereocenters. The van der Waals surface area contributed by atoms with E-state index >= 15 is 0 Å². The van der Waals surface area contributed by atoms with Gasteiger partial charge < -0.3 is 15.2 Å². The summed E-state index contributed by atoms with van der Waals surface area (Å²) >= 11 is 0. The van der Waals surface area contributed by atoms with Crippen LogP contribution in [0.4, 0.5) is 0 Å². The van der Waals surface area contributed by atoms with E-state index in [1.165, 1.54) is 0 Å². The van der Waals surface area contributed by atoms with Crippen LogP contribution in [0.2, 0.25) is 0 Å². The average molecular weight is 347 g/mol. The summed E-state index contributed by atoms with van der Waals surface area (Å²) in [6.45, 7) is 1.62. The summed E-state index contributed by atoms with van der Waals surface area (Å²) in [6.07, 6.45) is 3.29. The minimum Gasteiger partial charge on any atom is -0.354 e. The lowest BCUT2D eigenvalue weighted by molar-refractivity contribution is 0.231. The second-order valence-electron chi connectivity index (χ2n) is 6.65. The molecule has 0 bridgehead atoms. The zero-order valence-electron chi connectivity index (χ0n) is 13.5. The molecule has 2 aliphatic rings. The minimum absolute atomic E-state index is 0.179. The van der Waals surface area contributed by atoms with Gasteiger partial charge in [-0.3, -0.25) is 5.41 Å². The number of rotatable bonds is 2. The monoisotopic (exact) mass is 347 g/mol. The number of sulfonamides is 1. The maximum absolute atomic E-state index is 13.1. The molecule has 1 aromatic carbocycles. The van der Waals surface area contributed by atoms with Crippen molar-refractivity contribution < 1.29 is 8.42 Å². The van der Waals surface area contributed by atoms with Crippen LogP contribution in [-0.2, 0) is 17.1 Å². The Morgan fingerprint density at radius 3 is 2.62 bits per heavy atom. The third-order valence-electron chi connectivity index (χ3n) is 5.18. The molecule has 3 heterocycles. The predicted octanol–water partition coefficient (Wildman–Crippen LogP) is 0.829. The average Bonchev–Trinajstić information content (AvgIpc) is 3.11. The van der Waals surface area contributed by atoms with Gasteiger partial charge in [-0.15, -0.1) is 0 Å². The van der Waals surface area contributed by atoms with Gasteiger partial charge in [0.15, 0.2) is 5.96 Å². The van der Waals surface area contributed by atoms with Crippen molar-refractivity contribution in [2.45, 2.75) is 23.3 Å². The Labute approximate surface area is 141 Å². The second kappa shape index (κ2) is 5.22. The first kappa shape index (κ1) is 15.5. The number of hydrogen-bond donors (Lipinski definition) is 3. The molecule has 24 heavy (non-hydrogen) atoms. The number of aryl methyl sites for hydroxylation is 1. The Kier molecular flexibility index (Phi) is 3.36. The highest BCUT2D eigenvalue weighted by atomic mass is 32.2. The number of fused-ring (bicyclic) bond motifs is 1. The maximum Gasteiger partial charge on any atom is 0.243 e. The van der Waals surface area contributed by atoms with Crippen molar-refractivity contribution in [1.82, 2.24) is 19.5 Å². The van der Waals surface area contributed by atoms with Gasteiger partial charge in [-0.25, -0.2) is 8.42 Å². The number of piperidine rings is 1. The normalized spacial score (nSPS) is 21.1. The largest absolute Gasteiger partial charge is 0.354 e. The molecule has 0 radical (unpaired) electrons. The van der Waals surface area contributed by atoms with Gasteiger partial charge in [-0.1, -0.05) is 6.07 Å². The van der Waals surface area contributed by atoms with E-state index in [4.69, 9.17) is 5.41 Å². The van der Waals surface area contributed by atoms with E-state index in [0.717, 1.165) is 10.9 Å². The molecule has 2 fully saturated rings. The summed E-state index contributed by atoms with van der Waals surface area (Å²) in [5.41, 5.74) is 0.738. The molecule has 0 aliphatic carbocycles. The summed E-state index contributed by atoms with van der Waals surface area (Å²) in [5.74, 6) is 0.334. The Bertz CT molecular complexity index is 910. The van der Waals surface area contributed by atoms with E-state index in [9.17, 15) is 8.42 Å². The van der Waals surface area contributed by atoms with Crippen LogP contribution < -0.4 is 10.6 Å². The zero-order chi connectivity index (χ0) is 16.9. The zero-order valence-corrected chi connectivity index (χ0v) is 14.4. The molecule has 3 N–H and O–H groups in total. The first-order valence-corrected chi connectivity index (χ1v) is 9.50. The first-order chi connectivity index (χ1) is 11.4. The van der Waals surface area contributed by atoms with Gasteiger partial charge in [0.2, 0.25) is 10.0 Å². The number of nitrogens with one attached hydrogen (secondary N) is 3. The van der Waals surface area contributed by atoms with Crippen molar-refractivity contribution in [2.24, 2.45) is 7.05 Å². The number of aromatic nitrogens is 1. The molecule has 2 saturated heterocycles. The quantitative estimate of drug-likeness (QED) is 0.751. The Balaban J connectivity index is 1.63. The summed E-state index contributed by atoms with van der Waals surface area (Å²) in [4.78, 5) is 0.377. The van der Waals surface area contributed by atoms with Crippen LogP contribution in [0.25, 0.3) is 10.9 Å². The SMILES string of the molecule is Cn1ccc2c(S(=O)(=O)N3CCC4(CC3)CNC(=N)N4)cccc21. The van der Waals surface area contributed by atoms with Gasteiger partial charge in [0.1, 0.15) is 0 Å². The van der Waals surface area contributed by atoms with Gasteiger partial charge in [0, 0.05) is 43.8 Å². The molecule has 1 spiro atoms. The molecule has 7 nitrogen and oxygen atoms in total. The van der Waals surface area contributed by atoms with Crippen LogP contribution in [0.1, 0.15) is 12.8 Å². The maximum atomic E-state index is 13.1. The van der Waals surface area contributed by atoms with Crippen molar-refractivity contribution >= 4 is 26.9 Å². The van der Waals surface area contributed by atoms with Crippen molar-refractivity contribution in [3.8, 4) is 0 Å². The van der Waals surface area contributed by atoms with Gasteiger partial charge in [0.05, 0.1) is 10.4 Å². The van der Waals surface area contributed by atoms with Crippen LogP contribution in [-0.4, -0.2) is 48.4 Å². The first-order valence-electron chi connectivity index (χ1n) is 8.06. The standard InChI is InChI=1S/C16H21N5O2S/c1-20-8-5-12-13(20)3-2-4-14(12)24(22,23)21-9-6-16(7-10-21)11-18-15(17)19-16/h2-5,8H,6-7,9-11H2,1H3,(H3,17,18,19). The van der Waals surface area contributed by atoms with E-state index in [0.29, 0.717) is 43.3 Å². The molecule has 1 aromatic heterocycles. The third-order valence-corrected chi connectivity index (χ3v) is 7.14. The van der Waals surface area contributed by atoms with E-state index in [2.05, 4.69) is 10.6 Å². The Hall–Kier alpha value is -2.06. The highest BCUT2D eigenvalue weighted by Crippen LogP contribution is 2.31. The molecule has 2 aromatic rings. The van der Waals surface area contributed by atoms with Crippen LogP contribution >= 0.6 is 0 Å². The molecular weight excluding hydrogens is 326 g/mol. The van der Waals surface area contributed by atoms with Crippen molar-refractivity contribution in [2.75, 3.05) is 19.6 Å². The van der Waals surface area contributed by atoms with Gasteiger partial charge in [-0.2, -0.15) is 4.31 Å². The molecule has 8 heteroatoms. The summed E-state index contributed by atoms with van der Waals surface area (Å²) in [7, 11) is -1.60. The lowest BCUT2D eigenvalue weighted by Gasteiger charge is -2.38. The molecule has 128 valence electrons. The molecule has 0 amide bonds. The van der Waals surface area contributed by atoms with Gasteiger partial charge in [-0.05, 0) is 31.0 Å². The molecule has 4 rings (SSSR count). The van der Waals surface area contributed by atoms with E-state index in [1.807, 2.05) is 29.9 Å². The molecule has 0 saturated carbocycles. The van der Waals surface area contributed by atoms with Crippen LogP contribution in [0.3, 0.4) is 0 Å². The van der Waals surface area contributed by atoms with Crippen molar-refractivity contribution in [1.29, 1.82) is 5.41 Å². The van der Waals surface area contributed by atoms with E-state index in [1.54, 1.807) is 16.4 Å². The lowest BCUT2D eigenvalue weighted by atomic mass is 9.90. The number of nitrogens with zero attached hydrogens (tertiary/aromatic N) is 2. The second-order valence-corrected chi connectivity index (χ2v) is 8.56.